The van der Waals surface area contributed by atoms with E-state index in [1.54, 1.807) is 0 Å². The summed E-state index contributed by atoms with van der Waals surface area (Å²) in [6.07, 6.45) is 4.22. The number of likely N-dealkylation sites (tertiary alicyclic amines) is 1. The molecule has 1 amide bonds. The van der Waals surface area contributed by atoms with Crippen molar-refractivity contribution < 1.29 is 9.32 Å². The van der Waals surface area contributed by atoms with Crippen molar-refractivity contribution in [2.24, 2.45) is 0 Å². The number of nitrogens with zero attached hydrogens (tertiary/aromatic N) is 5. The van der Waals surface area contributed by atoms with E-state index in [-0.39, 0.29) is 17.7 Å². The lowest BCUT2D eigenvalue weighted by atomic mass is 9.97. The van der Waals surface area contributed by atoms with Gasteiger partial charge in [0.25, 0.3) is 0 Å². The maximum atomic E-state index is 12.6. The molecule has 0 saturated carbocycles. The van der Waals surface area contributed by atoms with Gasteiger partial charge in [0.15, 0.2) is 5.82 Å². The van der Waals surface area contributed by atoms with Gasteiger partial charge in [-0.2, -0.15) is 10.1 Å². The van der Waals surface area contributed by atoms with Crippen LogP contribution in [0.1, 0.15) is 75.8 Å². The number of piperidine rings is 1. The maximum absolute atomic E-state index is 12.6. The minimum Gasteiger partial charge on any atom is -0.342 e. The smallest absolute Gasteiger partial charge is 0.229 e. The number of amides is 1. The van der Waals surface area contributed by atoms with E-state index in [9.17, 15) is 4.79 Å². The first kappa shape index (κ1) is 17.6. The number of carbonyl (C=O) groups is 1. The Morgan fingerprint density at radius 2 is 2.16 bits per heavy atom. The van der Waals surface area contributed by atoms with Crippen LogP contribution in [0.15, 0.2) is 16.8 Å². The minimum atomic E-state index is 0.117. The number of hydrogen-bond donors (Lipinski definition) is 0. The van der Waals surface area contributed by atoms with Crippen LogP contribution in [0, 0.1) is 0 Å². The summed E-state index contributed by atoms with van der Waals surface area (Å²) >= 11 is 0. The van der Waals surface area contributed by atoms with Gasteiger partial charge in [0, 0.05) is 37.2 Å². The second-order valence-electron chi connectivity index (χ2n) is 7.38. The number of carbonyl (C=O) groups excluding carboxylic acids is 1. The van der Waals surface area contributed by atoms with Crippen molar-refractivity contribution in [3.05, 3.63) is 29.7 Å². The summed E-state index contributed by atoms with van der Waals surface area (Å²) in [6, 6.07) is 2.23. The van der Waals surface area contributed by atoms with E-state index >= 15 is 0 Å². The lowest BCUT2D eigenvalue weighted by Crippen LogP contribution is -2.40. The summed E-state index contributed by atoms with van der Waals surface area (Å²) in [4.78, 5) is 19.1. The van der Waals surface area contributed by atoms with E-state index < -0.39 is 0 Å². The van der Waals surface area contributed by atoms with Crippen LogP contribution in [0.4, 0.5) is 0 Å². The SMILES string of the molecule is CC(C)c1nc([C@H]2CCCN(C(=O)Cc3ccn(C(C)C)n3)C2)no1. The summed E-state index contributed by atoms with van der Waals surface area (Å²) in [7, 11) is 0. The molecule has 1 atom stereocenters. The Balaban J connectivity index is 1.62. The zero-order chi connectivity index (χ0) is 18.0. The quantitative estimate of drug-likeness (QED) is 0.833. The average Bonchev–Trinajstić information content (AvgIpc) is 3.24. The molecule has 1 fully saturated rings. The minimum absolute atomic E-state index is 0.117. The molecule has 1 aliphatic rings. The summed E-state index contributed by atoms with van der Waals surface area (Å²) in [5.41, 5.74) is 0.822. The highest BCUT2D eigenvalue weighted by molar-refractivity contribution is 5.78. The first-order valence-corrected chi connectivity index (χ1v) is 9.09. The van der Waals surface area contributed by atoms with E-state index in [1.807, 2.05) is 35.7 Å². The van der Waals surface area contributed by atoms with Crippen LogP contribution in [0.5, 0.6) is 0 Å². The van der Waals surface area contributed by atoms with Crippen LogP contribution in [0.3, 0.4) is 0 Å². The highest BCUT2D eigenvalue weighted by atomic mass is 16.5. The standard InChI is InChI=1S/C18H27N5O2/c1-12(2)18-19-17(21-25-18)14-6-5-8-22(11-14)16(24)10-15-7-9-23(20-15)13(3)4/h7,9,12-14H,5-6,8,10-11H2,1-4H3/t14-/m0/s1. The maximum Gasteiger partial charge on any atom is 0.229 e. The lowest BCUT2D eigenvalue weighted by Gasteiger charge is -2.31. The molecule has 3 heterocycles. The second kappa shape index (κ2) is 7.37. The summed E-state index contributed by atoms with van der Waals surface area (Å²) in [5.74, 6) is 1.88. The number of rotatable bonds is 5. The second-order valence-corrected chi connectivity index (χ2v) is 7.38. The van der Waals surface area contributed by atoms with E-state index in [2.05, 4.69) is 29.1 Å². The van der Waals surface area contributed by atoms with E-state index in [0.717, 1.165) is 30.9 Å². The van der Waals surface area contributed by atoms with Gasteiger partial charge in [-0.1, -0.05) is 19.0 Å². The molecule has 7 nitrogen and oxygen atoms in total. The van der Waals surface area contributed by atoms with Crippen molar-refractivity contribution in [1.82, 2.24) is 24.8 Å². The fourth-order valence-electron chi connectivity index (χ4n) is 3.09. The molecule has 2 aromatic heterocycles. The summed E-state index contributed by atoms with van der Waals surface area (Å²) in [6.45, 7) is 9.65. The van der Waals surface area contributed by atoms with Gasteiger partial charge in [0.05, 0.1) is 12.1 Å². The molecule has 0 aromatic carbocycles. The van der Waals surface area contributed by atoms with Gasteiger partial charge in [0.2, 0.25) is 11.8 Å². The Labute approximate surface area is 148 Å². The molecule has 1 saturated heterocycles. The van der Waals surface area contributed by atoms with E-state index in [0.29, 0.717) is 24.9 Å². The fourth-order valence-corrected chi connectivity index (χ4v) is 3.09. The van der Waals surface area contributed by atoms with Crippen LogP contribution in [0.25, 0.3) is 0 Å². The first-order valence-electron chi connectivity index (χ1n) is 9.09. The van der Waals surface area contributed by atoms with Crippen molar-refractivity contribution in [2.75, 3.05) is 13.1 Å². The van der Waals surface area contributed by atoms with Crippen LogP contribution in [-0.2, 0) is 11.2 Å². The summed E-state index contributed by atoms with van der Waals surface area (Å²) in [5, 5.41) is 8.60. The van der Waals surface area contributed by atoms with Crippen molar-refractivity contribution in [3.8, 4) is 0 Å². The van der Waals surface area contributed by atoms with Crippen molar-refractivity contribution in [2.45, 2.75) is 64.8 Å². The Morgan fingerprint density at radius 3 is 2.80 bits per heavy atom. The summed E-state index contributed by atoms with van der Waals surface area (Å²) < 4.78 is 7.20. The van der Waals surface area contributed by atoms with Gasteiger partial charge < -0.3 is 9.42 Å². The van der Waals surface area contributed by atoms with E-state index in [4.69, 9.17) is 4.52 Å². The van der Waals surface area contributed by atoms with Gasteiger partial charge >= 0.3 is 0 Å². The highest BCUT2D eigenvalue weighted by Crippen LogP contribution is 2.26. The number of aromatic nitrogens is 4. The largest absolute Gasteiger partial charge is 0.342 e. The third-order valence-corrected chi connectivity index (χ3v) is 4.62. The zero-order valence-electron chi connectivity index (χ0n) is 15.5. The molecule has 7 heteroatoms. The zero-order valence-corrected chi connectivity index (χ0v) is 15.5. The Morgan fingerprint density at radius 1 is 1.36 bits per heavy atom. The van der Waals surface area contributed by atoms with Crippen LogP contribution in [0.2, 0.25) is 0 Å². The third-order valence-electron chi connectivity index (χ3n) is 4.62. The predicted molar refractivity (Wildman–Crippen MR) is 93.3 cm³/mol. The third kappa shape index (κ3) is 4.08. The van der Waals surface area contributed by atoms with Crippen LogP contribution in [-0.4, -0.2) is 43.8 Å². The van der Waals surface area contributed by atoms with Gasteiger partial charge in [-0.15, -0.1) is 0 Å². The van der Waals surface area contributed by atoms with Crippen LogP contribution < -0.4 is 0 Å². The number of hydrogen-bond acceptors (Lipinski definition) is 5. The predicted octanol–water partition coefficient (Wildman–Crippen LogP) is 2.92. The Hall–Kier alpha value is -2.18. The molecule has 1 aliphatic heterocycles. The molecule has 0 aliphatic carbocycles. The van der Waals surface area contributed by atoms with Gasteiger partial charge in [-0.25, -0.2) is 0 Å². The highest BCUT2D eigenvalue weighted by Gasteiger charge is 2.28. The monoisotopic (exact) mass is 345 g/mol. The molecule has 2 aromatic rings. The van der Waals surface area contributed by atoms with Gasteiger partial charge in [-0.05, 0) is 32.8 Å². The lowest BCUT2D eigenvalue weighted by molar-refractivity contribution is -0.131. The molecule has 136 valence electrons. The molecule has 0 unspecified atom stereocenters. The molecule has 3 rings (SSSR count). The normalized spacial score (nSPS) is 18.3. The molecule has 0 radical (unpaired) electrons. The molecular weight excluding hydrogens is 318 g/mol. The Bertz CT molecular complexity index is 719. The molecule has 0 N–H and O–H groups in total. The van der Waals surface area contributed by atoms with Gasteiger partial charge in [-0.3, -0.25) is 9.48 Å². The fraction of sp³-hybridized carbons (Fsp3) is 0.667. The molecule has 25 heavy (non-hydrogen) atoms. The topological polar surface area (TPSA) is 77.1 Å². The van der Waals surface area contributed by atoms with Crippen molar-refractivity contribution in [1.29, 1.82) is 0 Å². The van der Waals surface area contributed by atoms with Crippen molar-refractivity contribution >= 4 is 5.91 Å². The van der Waals surface area contributed by atoms with E-state index in [1.165, 1.54) is 0 Å². The molecule has 0 spiro atoms. The molecule has 0 bridgehead atoms. The van der Waals surface area contributed by atoms with Crippen LogP contribution >= 0.6 is 0 Å². The average molecular weight is 345 g/mol. The molecular formula is C18H27N5O2. The first-order chi connectivity index (χ1) is 11.9. The van der Waals surface area contributed by atoms with Gasteiger partial charge in [0.1, 0.15) is 0 Å². The van der Waals surface area contributed by atoms with Crippen molar-refractivity contribution in [3.63, 3.8) is 0 Å². The Kier molecular flexibility index (Phi) is 5.20.